The summed E-state index contributed by atoms with van der Waals surface area (Å²) in [5.41, 5.74) is 2.16. The van der Waals surface area contributed by atoms with Crippen LogP contribution >= 0.6 is 0 Å². The Hall–Kier alpha value is -8.14. The van der Waals surface area contributed by atoms with Gasteiger partial charge in [-0.2, -0.15) is 0 Å². The van der Waals surface area contributed by atoms with Gasteiger partial charge in [-0.15, -0.1) is 0 Å². The van der Waals surface area contributed by atoms with E-state index in [2.05, 4.69) is 31.9 Å². The zero-order valence-corrected chi connectivity index (χ0v) is 41.5. The molecule has 394 valence electrons. The molecule has 2 aromatic carbocycles. The number of hydrogen-bond donors (Lipinski definition) is 7. The van der Waals surface area contributed by atoms with E-state index in [9.17, 15) is 53.1 Å². The van der Waals surface area contributed by atoms with Gasteiger partial charge in [-0.1, -0.05) is 43.7 Å². The maximum atomic E-state index is 15.4. The van der Waals surface area contributed by atoms with Gasteiger partial charge in [0.25, 0.3) is 17.4 Å². The summed E-state index contributed by atoms with van der Waals surface area (Å²) in [4.78, 5) is 133. The molecule has 0 saturated carbocycles. The molecule has 21 nitrogen and oxygen atoms in total. The van der Waals surface area contributed by atoms with Crippen LogP contribution in [0, 0.1) is 12.7 Å². The maximum Gasteiger partial charge on any atom is 0.343 e. The summed E-state index contributed by atoms with van der Waals surface area (Å²) in [6.45, 7) is 2.06. The van der Waals surface area contributed by atoms with Crippen molar-refractivity contribution >= 4 is 64.1 Å². The highest BCUT2D eigenvalue weighted by Crippen LogP contribution is 2.46. The second-order valence-electron chi connectivity index (χ2n) is 19.0. The van der Waals surface area contributed by atoms with Gasteiger partial charge in [0.15, 0.2) is 5.60 Å². The molecular weight excluding hydrogens is 974 g/mol. The molecule has 0 fully saturated rings. The quantitative estimate of drug-likeness (QED) is 0.0291. The van der Waals surface area contributed by atoms with Crippen molar-refractivity contribution in [3.05, 3.63) is 110 Å². The summed E-state index contributed by atoms with van der Waals surface area (Å²) < 4.78 is 22.1. The van der Waals surface area contributed by atoms with Crippen LogP contribution in [0.15, 0.2) is 59.4 Å². The molecule has 0 saturated heterocycles. The first-order valence-corrected chi connectivity index (χ1v) is 25.0. The molecule has 7 N–H and O–H groups in total. The first kappa shape index (κ1) is 53.2. The highest BCUT2D eigenvalue weighted by molar-refractivity contribution is 6.12. The number of aryl methyl sites for hydroxylation is 1. The number of amides is 8. The van der Waals surface area contributed by atoms with Crippen molar-refractivity contribution in [1.29, 1.82) is 0 Å². The van der Waals surface area contributed by atoms with E-state index in [-0.39, 0.29) is 87.2 Å². The minimum atomic E-state index is -2.04. The smallest absolute Gasteiger partial charge is 0.343 e. The average Bonchev–Trinajstić information content (AvgIpc) is 3.98. The molecule has 0 bridgehead atoms. The number of benzene rings is 2. The molecule has 1 aliphatic carbocycles. The van der Waals surface area contributed by atoms with Crippen LogP contribution in [0.1, 0.15) is 103 Å². The van der Waals surface area contributed by atoms with Crippen LogP contribution in [0.3, 0.4) is 0 Å². The van der Waals surface area contributed by atoms with Gasteiger partial charge in [-0.3, -0.25) is 48.1 Å². The summed E-state index contributed by atoms with van der Waals surface area (Å²) in [6.07, 6.45) is 5.21. The van der Waals surface area contributed by atoms with E-state index in [0.29, 0.717) is 76.6 Å². The van der Waals surface area contributed by atoms with Crippen LogP contribution in [0.2, 0.25) is 0 Å². The Morgan fingerprint density at radius 1 is 0.827 bits per heavy atom. The fourth-order valence-electron chi connectivity index (χ4n) is 9.99. The number of aromatic nitrogens is 2. The fraction of sp³-hybridized carbons (Fsp3) is 0.415. The molecule has 4 aliphatic rings. The predicted molar refractivity (Wildman–Crippen MR) is 266 cm³/mol. The Kier molecular flexibility index (Phi) is 16.3. The van der Waals surface area contributed by atoms with E-state index in [0.717, 1.165) is 10.5 Å². The lowest BCUT2D eigenvalue weighted by Gasteiger charge is -2.31. The number of pyridine rings is 2. The van der Waals surface area contributed by atoms with Gasteiger partial charge in [0.05, 0.1) is 54.7 Å². The van der Waals surface area contributed by atoms with Crippen LogP contribution in [0.4, 0.5) is 4.39 Å². The summed E-state index contributed by atoms with van der Waals surface area (Å²) in [5.74, 6) is -5.33. The molecule has 3 atom stereocenters. The van der Waals surface area contributed by atoms with E-state index in [4.69, 9.17) is 9.72 Å². The highest BCUT2D eigenvalue weighted by atomic mass is 19.1. The SMILES string of the molecule is CC[C@@]1(O)C(=O)OCc2c1cc1n(c2=O)Cc2c-1nc1cc(F)c(C)c3c1c2[C@@H](NC(=O)CCCNC(=O)CNC(=O)[C@H](Cc1ccccc1)NC(=O)CNC(=O)CNC(=O)CCCCCN1C(=O)C=CC1=O)CC3. The molecule has 8 rings (SSSR count). The van der Waals surface area contributed by atoms with Gasteiger partial charge < -0.3 is 46.3 Å². The van der Waals surface area contributed by atoms with Crippen LogP contribution in [0.25, 0.3) is 22.3 Å². The molecule has 0 radical (unpaired) electrons. The van der Waals surface area contributed by atoms with E-state index in [1.165, 1.54) is 22.8 Å². The first-order chi connectivity index (χ1) is 36.0. The minimum absolute atomic E-state index is 0.00604. The molecule has 0 spiro atoms. The van der Waals surface area contributed by atoms with Crippen molar-refractivity contribution in [2.45, 2.75) is 109 Å². The zero-order chi connectivity index (χ0) is 53.6. The van der Waals surface area contributed by atoms with Crippen LogP contribution < -0.4 is 37.5 Å². The lowest BCUT2D eigenvalue weighted by Crippen LogP contribution is -2.52. The number of hydrogen-bond acceptors (Lipinski definition) is 13. The highest BCUT2D eigenvalue weighted by Gasteiger charge is 2.46. The number of cyclic esters (lactones) is 1. The fourth-order valence-corrected chi connectivity index (χ4v) is 9.99. The number of esters is 1. The van der Waals surface area contributed by atoms with Crippen LogP contribution in [-0.2, 0) is 79.5 Å². The van der Waals surface area contributed by atoms with Gasteiger partial charge in [0, 0.05) is 67.1 Å². The van der Waals surface area contributed by atoms with E-state index in [1.807, 2.05) is 0 Å². The van der Waals surface area contributed by atoms with Crippen molar-refractivity contribution in [3.63, 3.8) is 0 Å². The van der Waals surface area contributed by atoms with E-state index < -0.39 is 84.2 Å². The normalized spacial score (nSPS) is 17.4. The number of fused-ring (bicyclic) bond motifs is 5. The lowest BCUT2D eigenvalue weighted by atomic mass is 9.81. The Morgan fingerprint density at radius 3 is 2.27 bits per heavy atom. The van der Waals surface area contributed by atoms with Crippen molar-refractivity contribution in [1.82, 2.24) is 46.4 Å². The average molecular weight is 1030 g/mol. The number of carbonyl (C=O) groups excluding carboxylic acids is 9. The third kappa shape index (κ3) is 11.6. The number of halogens is 1. The monoisotopic (exact) mass is 1030 g/mol. The molecule has 75 heavy (non-hydrogen) atoms. The van der Waals surface area contributed by atoms with E-state index in [1.54, 1.807) is 50.2 Å². The van der Waals surface area contributed by atoms with Crippen molar-refractivity contribution in [2.24, 2.45) is 0 Å². The topological polar surface area (TPSA) is 293 Å². The van der Waals surface area contributed by atoms with Gasteiger partial charge in [0.2, 0.25) is 35.4 Å². The number of unbranched alkanes of at least 4 members (excludes halogenated alkanes) is 2. The van der Waals surface area contributed by atoms with Crippen molar-refractivity contribution < 1.29 is 57.4 Å². The predicted octanol–water partition coefficient (Wildman–Crippen LogP) is 1.09. The molecule has 0 unspecified atom stereocenters. The summed E-state index contributed by atoms with van der Waals surface area (Å²) in [7, 11) is 0. The Labute approximate surface area is 429 Å². The van der Waals surface area contributed by atoms with Crippen LogP contribution in [-0.4, -0.2) is 112 Å². The second-order valence-corrected chi connectivity index (χ2v) is 19.0. The second kappa shape index (κ2) is 23.0. The number of carbonyl (C=O) groups is 9. The third-order valence-electron chi connectivity index (χ3n) is 14.1. The van der Waals surface area contributed by atoms with Gasteiger partial charge in [0.1, 0.15) is 18.5 Å². The lowest BCUT2D eigenvalue weighted by molar-refractivity contribution is -0.172. The number of nitrogens with zero attached hydrogens (tertiary/aromatic N) is 3. The molecule has 2 aromatic heterocycles. The number of rotatable bonds is 22. The van der Waals surface area contributed by atoms with E-state index >= 15 is 4.39 Å². The number of ether oxygens (including phenoxy) is 1. The van der Waals surface area contributed by atoms with Gasteiger partial charge in [-0.25, -0.2) is 14.2 Å². The minimum Gasteiger partial charge on any atom is -0.458 e. The maximum absolute atomic E-state index is 15.4. The first-order valence-electron chi connectivity index (χ1n) is 25.0. The summed E-state index contributed by atoms with van der Waals surface area (Å²) in [5, 5.41) is 27.9. The molecule has 3 aliphatic heterocycles. The zero-order valence-electron chi connectivity index (χ0n) is 41.5. The summed E-state index contributed by atoms with van der Waals surface area (Å²) in [6, 6.07) is 10.1. The van der Waals surface area contributed by atoms with Gasteiger partial charge in [-0.05, 0) is 73.8 Å². The molecular formula is C53H58FN9O12. The number of imide groups is 1. The number of nitrogens with one attached hydrogen (secondary N) is 6. The number of aliphatic hydroxyl groups is 1. The molecule has 22 heteroatoms. The summed E-state index contributed by atoms with van der Waals surface area (Å²) >= 11 is 0. The Morgan fingerprint density at radius 2 is 1.52 bits per heavy atom. The molecule has 5 heterocycles. The Bertz CT molecular complexity index is 3090. The van der Waals surface area contributed by atoms with Gasteiger partial charge >= 0.3 is 5.97 Å². The largest absolute Gasteiger partial charge is 0.458 e. The van der Waals surface area contributed by atoms with Crippen LogP contribution in [0.5, 0.6) is 0 Å². The molecule has 4 aromatic rings. The standard InChI is InChI=1S/C53H58FN9O12/c1-3-53(74)34-22-39-49-32(27-63(39)51(72)33(34)28-75-52(53)73)48-36(16-15-31-29(2)35(54)23-37(61-49)47(31)48)59-41(65)14-10-19-55-42(66)25-58-50(71)38(21-30-11-6-4-7-12-30)60-44(68)26-57-43(67)24-56-40(64)13-8-5-9-20-62-45(69)17-18-46(62)70/h4,6-7,11-12,17-18,22-23,36,38,74H,3,5,8-10,13-16,19-21,24-28H2,1-2H3,(H,55,66)(H,56,64)(H,57,67)(H,58,71)(H,59,65)(H,60,68)/t36-,38-,53-/m0/s1. The third-order valence-corrected chi connectivity index (χ3v) is 14.1. The molecule has 8 amide bonds. The van der Waals surface area contributed by atoms with Crippen molar-refractivity contribution in [3.8, 4) is 11.4 Å². The Balaban J connectivity index is 0.805. The van der Waals surface area contributed by atoms with Crippen molar-refractivity contribution in [2.75, 3.05) is 32.7 Å².